The molecule has 4 aromatic rings. The van der Waals surface area contributed by atoms with Gasteiger partial charge in [0, 0.05) is 43.4 Å². The Hall–Kier alpha value is -4.05. The molecule has 1 amide bonds. The van der Waals surface area contributed by atoms with Crippen LogP contribution in [0, 0.1) is 5.92 Å². The SMILES string of the molecule is COCc1ncc(-c2ccn3nc(N)nc3c2)cc1C(=O)NCc1cccnc1OCC1CCCC1. The van der Waals surface area contributed by atoms with Crippen molar-refractivity contribution in [1.29, 1.82) is 0 Å². The molecular formula is C26H29N7O3. The second-order valence-electron chi connectivity index (χ2n) is 8.95. The molecule has 5 rings (SSSR count). The van der Waals surface area contributed by atoms with Gasteiger partial charge in [0.1, 0.15) is 0 Å². The van der Waals surface area contributed by atoms with Crippen LogP contribution in [-0.4, -0.2) is 44.2 Å². The van der Waals surface area contributed by atoms with E-state index in [4.69, 9.17) is 15.2 Å². The highest BCUT2D eigenvalue weighted by Crippen LogP contribution is 2.26. The molecule has 1 saturated carbocycles. The number of aromatic nitrogens is 5. The van der Waals surface area contributed by atoms with Crippen molar-refractivity contribution in [2.45, 2.75) is 38.8 Å². The van der Waals surface area contributed by atoms with E-state index in [9.17, 15) is 4.79 Å². The molecule has 3 N–H and O–H groups in total. The Balaban J connectivity index is 1.34. The van der Waals surface area contributed by atoms with Crippen LogP contribution in [0.3, 0.4) is 0 Å². The van der Waals surface area contributed by atoms with Crippen LogP contribution in [0.4, 0.5) is 5.95 Å². The molecule has 0 saturated heterocycles. The van der Waals surface area contributed by atoms with E-state index in [2.05, 4.69) is 25.4 Å². The molecule has 36 heavy (non-hydrogen) atoms. The van der Waals surface area contributed by atoms with E-state index < -0.39 is 0 Å². The zero-order chi connectivity index (χ0) is 24.9. The second kappa shape index (κ2) is 10.7. The molecule has 0 atom stereocenters. The van der Waals surface area contributed by atoms with Crippen LogP contribution in [0.5, 0.6) is 5.88 Å². The Labute approximate surface area is 208 Å². The lowest BCUT2D eigenvalue weighted by molar-refractivity contribution is 0.0944. The highest BCUT2D eigenvalue weighted by Gasteiger charge is 2.18. The number of carbonyl (C=O) groups is 1. The Morgan fingerprint density at radius 1 is 1.19 bits per heavy atom. The van der Waals surface area contributed by atoms with Crippen LogP contribution >= 0.6 is 0 Å². The van der Waals surface area contributed by atoms with Crippen molar-refractivity contribution in [2.24, 2.45) is 5.92 Å². The van der Waals surface area contributed by atoms with Gasteiger partial charge < -0.3 is 20.5 Å². The average Bonchev–Trinajstić information content (AvgIpc) is 3.55. The van der Waals surface area contributed by atoms with Crippen molar-refractivity contribution in [2.75, 3.05) is 19.5 Å². The first-order valence-corrected chi connectivity index (χ1v) is 12.1. The van der Waals surface area contributed by atoms with Crippen LogP contribution in [0.2, 0.25) is 0 Å². The summed E-state index contributed by atoms with van der Waals surface area (Å²) in [7, 11) is 1.57. The number of pyridine rings is 3. The molecule has 0 radical (unpaired) electrons. The van der Waals surface area contributed by atoms with Gasteiger partial charge in [-0.25, -0.2) is 9.50 Å². The summed E-state index contributed by atoms with van der Waals surface area (Å²) in [5.41, 5.74) is 9.74. The van der Waals surface area contributed by atoms with Crippen LogP contribution in [0.15, 0.2) is 48.9 Å². The molecule has 1 aliphatic carbocycles. The van der Waals surface area contributed by atoms with Crippen LogP contribution in [0.1, 0.15) is 47.3 Å². The van der Waals surface area contributed by atoms with Crippen molar-refractivity contribution in [3.05, 3.63) is 65.7 Å². The number of anilines is 1. The molecule has 0 spiro atoms. The van der Waals surface area contributed by atoms with Crippen LogP contribution in [0.25, 0.3) is 16.8 Å². The van der Waals surface area contributed by atoms with Crippen molar-refractivity contribution >= 4 is 17.5 Å². The fourth-order valence-electron chi connectivity index (χ4n) is 4.51. The van der Waals surface area contributed by atoms with Gasteiger partial charge in [0.25, 0.3) is 5.91 Å². The first kappa shape index (κ1) is 23.7. The molecule has 1 aliphatic rings. The quantitative estimate of drug-likeness (QED) is 0.367. The van der Waals surface area contributed by atoms with Crippen molar-refractivity contribution < 1.29 is 14.3 Å². The fraction of sp³-hybridized carbons (Fsp3) is 0.346. The largest absolute Gasteiger partial charge is 0.477 e. The molecule has 1 fully saturated rings. The van der Waals surface area contributed by atoms with Gasteiger partial charge in [-0.3, -0.25) is 9.78 Å². The fourth-order valence-corrected chi connectivity index (χ4v) is 4.51. The van der Waals surface area contributed by atoms with E-state index in [1.54, 1.807) is 30.2 Å². The summed E-state index contributed by atoms with van der Waals surface area (Å²) in [6, 6.07) is 9.29. The number of hydrogen-bond acceptors (Lipinski definition) is 8. The molecule has 186 valence electrons. The number of nitrogens with one attached hydrogen (secondary N) is 1. The van der Waals surface area contributed by atoms with Gasteiger partial charge in [0.15, 0.2) is 5.65 Å². The van der Waals surface area contributed by atoms with Gasteiger partial charge in [0.2, 0.25) is 11.8 Å². The van der Waals surface area contributed by atoms with Gasteiger partial charge in [-0.05, 0) is 48.6 Å². The standard InChI is InChI=1S/C26H29N7O3/c1-35-16-22-21(11-20(14-29-22)18-8-10-33-23(12-18)31-26(27)32-33)24(34)30-13-19-7-4-9-28-25(19)36-15-17-5-2-3-6-17/h4,7-12,14,17H,2-3,5-6,13,15-16H2,1H3,(H2,27,32)(H,30,34). The molecule has 0 aromatic carbocycles. The van der Waals surface area contributed by atoms with Gasteiger partial charge in [-0.2, -0.15) is 4.98 Å². The number of nitrogens with zero attached hydrogens (tertiary/aromatic N) is 5. The van der Waals surface area contributed by atoms with Crippen LogP contribution in [-0.2, 0) is 17.9 Å². The van der Waals surface area contributed by atoms with Crippen molar-refractivity contribution in [3.63, 3.8) is 0 Å². The number of ether oxygens (including phenoxy) is 2. The maximum atomic E-state index is 13.3. The van der Waals surface area contributed by atoms with E-state index in [0.717, 1.165) is 16.7 Å². The number of methoxy groups -OCH3 is 1. The predicted molar refractivity (Wildman–Crippen MR) is 134 cm³/mol. The van der Waals surface area contributed by atoms with Gasteiger partial charge >= 0.3 is 0 Å². The predicted octanol–water partition coefficient (Wildman–Crippen LogP) is 3.41. The molecule has 0 unspecified atom stereocenters. The average molecular weight is 488 g/mol. The lowest BCUT2D eigenvalue weighted by atomic mass is 10.0. The number of hydrogen-bond donors (Lipinski definition) is 2. The number of carbonyl (C=O) groups excluding carboxylic acids is 1. The zero-order valence-electron chi connectivity index (χ0n) is 20.2. The molecule has 4 heterocycles. The molecule has 10 heteroatoms. The molecule has 10 nitrogen and oxygen atoms in total. The maximum absolute atomic E-state index is 13.3. The number of rotatable bonds is 9. The number of fused-ring (bicyclic) bond motifs is 1. The van der Waals surface area contributed by atoms with Crippen molar-refractivity contribution in [1.82, 2.24) is 29.9 Å². The Morgan fingerprint density at radius 3 is 2.89 bits per heavy atom. The minimum Gasteiger partial charge on any atom is -0.477 e. The highest BCUT2D eigenvalue weighted by molar-refractivity contribution is 5.96. The molecule has 0 aliphatic heterocycles. The minimum atomic E-state index is -0.255. The Morgan fingerprint density at radius 2 is 2.06 bits per heavy atom. The summed E-state index contributed by atoms with van der Waals surface area (Å²) in [5.74, 6) is 1.08. The second-order valence-corrected chi connectivity index (χ2v) is 8.95. The first-order chi connectivity index (χ1) is 17.6. The zero-order valence-corrected chi connectivity index (χ0v) is 20.2. The lowest BCUT2D eigenvalue weighted by Gasteiger charge is -2.15. The van der Waals surface area contributed by atoms with E-state index in [1.807, 2.05) is 30.3 Å². The summed E-state index contributed by atoms with van der Waals surface area (Å²) in [6.07, 6.45) is 10.1. The maximum Gasteiger partial charge on any atom is 0.253 e. The number of amides is 1. The van der Waals surface area contributed by atoms with E-state index in [1.165, 1.54) is 25.7 Å². The van der Waals surface area contributed by atoms with Gasteiger partial charge in [0.05, 0.1) is 24.5 Å². The Bertz CT molecular complexity index is 1360. The van der Waals surface area contributed by atoms with Crippen LogP contribution < -0.4 is 15.8 Å². The topological polar surface area (TPSA) is 130 Å². The number of nitrogens with two attached hydrogens (primary N) is 1. The third kappa shape index (κ3) is 5.28. The number of nitrogen functional groups attached to an aromatic ring is 1. The summed E-state index contributed by atoms with van der Waals surface area (Å²) >= 11 is 0. The summed E-state index contributed by atoms with van der Waals surface area (Å²) in [4.78, 5) is 26.4. The summed E-state index contributed by atoms with van der Waals surface area (Å²) < 4.78 is 12.9. The van der Waals surface area contributed by atoms with Crippen molar-refractivity contribution in [3.8, 4) is 17.0 Å². The minimum absolute atomic E-state index is 0.197. The first-order valence-electron chi connectivity index (χ1n) is 12.1. The molecule has 0 bridgehead atoms. The van der Waals surface area contributed by atoms with Gasteiger partial charge in [-0.1, -0.05) is 18.9 Å². The third-order valence-electron chi connectivity index (χ3n) is 6.40. The molecular weight excluding hydrogens is 458 g/mol. The summed E-state index contributed by atoms with van der Waals surface area (Å²) in [5, 5.41) is 7.10. The monoisotopic (exact) mass is 487 g/mol. The Kier molecular flexibility index (Phi) is 7.03. The van der Waals surface area contributed by atoms with E-state index in [-0.39, 0.29) is 25.0 Å². The van der Waals surface area contributed by atoms with E-state index >= 15 is 0 Å². The van der Waals surface area contributed by atoms with Gasteiger partial charge in [-0.15, -0.1) is 5.10 Å². The summed E-state index contributed by atoms with van der Waals surface area (Å²) in [6.45, 7) is 1.16. The highest BCUT2D eigenvalue weighted by atomic mass is 16.5. The van der Waals surface area contributed by atoms with E-state index in [0.29, 0.717) is 35.3 Å². The normalized spacial score (nSPS) is 13.8. The third-order valence-corrected chi connectivity index (χ3v) is 6.40. The lowest BCUT2D eigenvalue weighted by Crippen LogP contribution is -2.25. The molecule has 4 aromatic heterocycles. The smallest absolute Gasteiger partial charge is 0.253 e.